The van der Waals surface area contributed by atoms with Crippen LogP contribution < -0.4 is 9.47 Å². The van der Waals surface area contributed by atoms with Crippen molar-refractivity contribution in [1.29, 1.82) is 5.26 Å². The van der Waals surface area contributed by atoms with Crippen LogP contribution in [-0.4, -0.2) is 29.0 Å². The lowest BCUT2D eigenvalue weighted by atomic mass is 9.98. The van der Waals surface area contributed by atoms with Crippen LogP contribution in [0.1, 0.15) is 66.6 Å². The van der Waals surface area contributed by atoms with E-state index in [9.17, 15) is 5.26 Å². The zero-order valence-corrected chi connectivity index (χ0v) is 18.7. The molecule has 1 aromatic heterocycles. The van der Waals surface area contributed by atoms with E-state index in [0.29, 0.717) is 35.3 Å². The van der Waals surface area contributed by atoms with Crippen molar-refractivity contribution in [3.63, 3.8) is 0 Å². The van der Waals surface area contributed by atoms with E-state index in [4.69, 9.17) is 25.8 Å². The zero-order chi connectivity index (χ0) is 22.2. The summed E-state index contributed by atoms with van der Waals surface area (Å²) < 4.78 is 20.1. The molecule has 0 amide bonds. The number of methoxy groups -OCH3 is 2. The number of benzene rings is 2. The van der Waals surface area contributed by atoms with Gasteiger partial charge in [-0.2, -0.15) is 5.26 Å². The summed E-state index contributed by atoms with van der Waals surface area (Å²) >= 11 is 6.46. The van der Waals surface area contributed by atoms with Gasteiger partial charge in [-0.15, -0.1) is 10.2 Å². The Labute approximate surface area is 191 Å². The second kappa shape index (κ2) is 8.45. The predicted molar refractivity (Wildman–Crippen MR) is 118 cm³/mol. The second-order valence-electron chi connectivity index (χ2n) is 8.01. The van der Waals surface area contributed by atoms with Crippen LogP contribution in [0.25, 0.3) is 5.69 Å². The van der Waals surface area contributed by atoms with Crippen molar-refractivity contribution in [3.8, 4) is 23.3 Å². The summed E-state index contributed by atoms with van der Waals surface area (Å²) in [6, 6.07) is 13.7. The molecule has 1 aliphatic carbocycles. The van der Waals surface area contributed by atoms with Crippen molar-refractivity contribution < 1.29 is 14.2 Å². The SMILES string of the molecule is COc1cccc([C@H]2O[C@H](CCC#N)c3nnc(C4CC4)n3-c3ccc(Cl)cc32)c1OC. The van der Waals surface area contributed by atoms with Gasteiger partial charge in [0.25, 0.3) is 0 Å². The van der Waals surface area contributed by atoms with Gasteiger partial charge in [0.1, 0.15) is 18.0 Å². The lowest BCUT2D eigenvalue weighted by molar-refractivity contribution is -0.000788. The maximum absolute atomic E-state index is 9.26. The Morgan fingerprint density at radius 1 is 1.12 bits per heavy atom. The van der Waals surface area contributed by atoms with Crippen LogP contribution in [0.3, 0.4) is 0 Å². The summed E-state index contributed by atoms with van der Waals surface area (Å²) in [6.45, 7) is 0. The minimum Gasteiger partial charge on any atom is -0.493 e. The summed E-state index contributed by atoms with van der Waals surface area (Å²) in [5, 5.41) is 18.9. The number of aromatic nitrogens is 3. The lowest BCUT2D eigenvalue weighted by Gasteiger charge is -2.24. The third-order valence-corrected chi connectivity index (χ3v) is 6.23. The molecule has 0 spiro atoms. The van der Waals surface area contributed by atoms with Crippen LogP contribution in [0.15, 0.2) is 36.4 Å². The first-order chi connectivity index (χ1) is 15.7. The molecular formula is C24H23ClN4O3. The average Bonchev–Trinajstić information content (AvgIpc) is 3.59. The van der Waals surface area contributed by atoms with Gasteiger partial charge in [-0.05, 0) is 43.5 Å². The number of nitriles is 1. The van der Waals surface area contributed by atoms with Crippen molar-refractivity contribution in [3.05, 3.63) is 64.2 Å². The quantitative estimate of drug-likeness (QED) is 0.508. The first-order valence-electron chi connectivity index (χ1n) is 10.6. The van der Waals surface area contributed by atoms with Gasteiger partial charge in [-0.3, -0.25) is 4.57 Å². The number of nitrogens with zero attached hydrogens (tertiary/aromatic N) is 4. The highest BCUT2D eigenvalue weighted by Gasteiger charge is 2.38. The molecule has 7 nitrogen and oxygen atoms in total. The molecule has 0 saturated heterocycles. The van der Waals surface area contributed by atoms with Crippen molar-refractivity contribution >= 4 is 11.6 Å². The van der Waals surface area contributed by atoms with Gasteiger partial charge >= 0.3 is 0 Å². The minimum absolute atomic E-state index is 0.343. The van der Waals surface area contributed by atoms with Gasteiger partial charge in [0, 0.05) is 28.5 Å². The third kappa shape index (κ3) is 3.50. The fraction of sp³-hybridized carbons (Fsp3) is 0.375. The maximum atomic E-state index is 9.26. The number of halogens is 1. The molecule has 32 heavy (non-hydrogen) atoms. The largest absolute Gasteiger partial charge is 0.493 e. The molecule has 2 aromatic carbocycles. The molecule has 0 unspecified atom stereocenters. The zero-order valence-electron chi connectivity index (χ0n) is 17.9. The fourth-order valence-corrected chi connectivity index (χ4v) is 4.54. The number of hydrogen-bond donors (Lipinski definition) is 0. The van der Waals surface area contributed by atoms with Gasteiger partial charge in [-0.25, -0.2) is 0 Å². The Hall–Kier alpha value is -3.08. The Balaban J connectivity index is 1.75. The highest BCUT2D eigenvalue weighted by molar-refractivity contribution is 6.30. The molecular weight excluding hydrogens is 428 g/mol. The molecule has 1 aliphatic heterocycles. The van der Waals surface area contributed by atoms with Crippen molar-refractivity contribution in [2.45, 2.75) is 43.8 Å². The van der Waals surface area contributed by atoms with E-state index in [1.54, 1.807) is 14.2 Å². The van der Waals surface area contributed by atoms with Crippen LogP contribution in [0.5, 0.6) is 11.5 Å². The number of ether oxygens (including phenoxy) is 3. The number of fused-ring (bicyclic) bond motifs is 3. The standard InChI is InChI=1S/C24H23ClN4O3/c1-30-19-6-3-5-16(22(19)31-2)21-17-13-15(25)10-11-18(17)29-23(14-8-9-14)27-28-24(29)20(32-21)7-4-12-26/h3,5-6,10-11,13-14,20-21H,4,7-9H2,1-2H3/t20-,21-/m1/s1. The van der Waals surface area contributed by atoms with E-state index in [1.807, 2.05) is 36.4 Å². The number of para-hydroxylation sites is 1. The van der Waals surface area contributed by atoms with Crippen LogP contribution in [0.2, 0.25) is 5.02 Å². The van der Waals surface area contributed by atoms with Crippen LogP contribution in [-0.2, 0) is 4.74 Å². The van der Waals surface area contributed by atoms with Crippen molar-refractivity contribution in [2.75, 3.05) is 14.2 Å². The van der Waals surface area contributed by atoms with Crippen LogP contribution >= 0.6 is 11.6 Å². The molecule has 0 radical (unpaired) electrons. The first-order valence-corrected chi connectivity index (χ1v) is 11.0. The minimum atomic E-state index is -0.494. The number of rotatable bonds is 6. The maximum Gasteiger partial charge on any atom is 0.166 e. The summed E-state index contributed by atoms with van der Waals surface area (Å²) in [6.07, 6.45) is 2.13. The fourth-order valence-electron chi connectivity index (χ4n) is 4.36. The molecule has 2 atom stereocenters. The third-order valence-electron chi connectivity index (χ3n) is 5.99. The Morgan fingerprint density at radius 2 is 1.94 bits per heavy atom. The van der Waals surface area contributed by atoms with E-state index < -0.39 is 12.2 Å². The Bertz CT molecular complexity index is 1200. The molecule has 164 valence electrons. The van der Waals surface area contributed by atoms with E-state index >= 15 is 0 Å². The lowest BCUT2D eigenvalue weighted by Crippen LogP contribution is -2.12. The Morgan fingerprint density at radius 3 is 2.66 bits per heavy atom. The molecule has 1 saturated carbocycles. The Kier molecular flexibility index (Phi) is 5.50. The summed E-state index contributed by atoms with van der Waals surface area (Å²) in [7, 11) is 3.23. The molecule has 2 heterocycles. The predicted octanol–water partition coefficient (Wildman–Crippen LogP) is 5.28. The topological polar surface area (TPSA) is 82.2 Å². The van der Waals surface area contributed by atoms with Gasteiger partial charge in [0.05, 0.1) is 26.0 Å². The summed E-state index contributed by atoms with van der Waals surface area (Å²) in [5.74, 6) is 3.26. The molecule has 1 fully saturated rings. The van der Waals surface area contributed by atoms with Gasteiger partial charge in [0.15, 0.2) is 17.3 Å². The van der Waals surface area contributed by atoms with E-state index in [0.717, 1.165) is 41.3 Å². The highest BCUT2D eigenvalue weighted by Crippen LogP contribution is 2.48. The molecule has 0 bridgehead atoms. The molecule has 5 rings (SSSR count). The highest BCUT2D eigenvalue weighted by atomic mass is 35.5. The monoisotopic (exact) mass is 450 g/mol. The van der Waals surface area contributed by atoms with Crippen molar-refractivity contribution in [2.24, 2.45) is 0 Å². The van der Waals surface area contributed by atoms with Crippen LogP contribution in [0, 0.1) is 11.3 Å². The van der Waals surface area contributed by atoms with Crippen molar-refractivity contribution in [1.82, 2.24) is 14.8 Å². The molecule has 0 N–H and O–H groups in total. The molecule has 3 aromatic rings. The van der Waals surface area contributed by atoms with Gasteiger partial charge in [-0.1, -0.05) is 23.7 Å². The van der Waals surface area contributed by atoms with Gasteiger partial charge in [0.2, 0.25) is 0 Å². The summed E-state index contributed by atoms with van der Waals surface area (Å²) in [4.78, 5) is 0. The first kappa shape index (κ1) is 20.8. The van der Waals surface area contributed by atoms with E-state index in [1.165, 1.54) is 0 Å². The van der Waals surface area contributed by atoms with Gasteiger partial charge < -0.3 is 14.2 Å². The van der Waals surface area contributed by atoms with E-state index in [2.05, 4.69) is 20.8 Å². The average molecular weight is 451 g/mol. The summed E-state index contributed by atoms with van der Waals surface area (Å²) in [5.41, 5.74) is 2.65. The molecule has 2 aliphatic rings. The smallest absolute Gasteiger partial charge is 0.166 e. The van der Waals surface area contributed by atoms with E-state index in [-0.39, 0.29) is 0 Å². The van der Waals surface area contributed by atoms with Crippen LogP contribution in [0.4, 0.5) is 0 Å². The number of hydrogen-bond acceptors (Lipinski definition) is 6. The second-order valence-corrected chi connectivity index (χ2v) is 8.45. The molecule has 8 heteroatoms. The normalized spacial score (nSPS) is 19.4.